The molecule has 0 aliphatic heterocycles. The SMILES string of the molecule is CNC(=O)OCCNc1cc(F)ccc1Nc1cc(F)c(S(=O)(=O)N(C(=O)OC(C)(C)C)c2cscn2)cc1Cl. The molecule has 40 heavy (non-hydrogen) atoms. The van der Waals surface area contributed by atoms with Crippen molar-refractivity contribution in [3.63, 3.8) is 0 Å². The third-order valence-electron chi connectivity index (χ3n) is 4.83. The van der Waals surface area contributed by atoms with E-state index < -0.39 is 44.3 Å². The van der Waals surface area contributed by atoms with Gasteiger partial charge in [0.2, 0.25) is 0 Å². The van der Waals surface area contributed by atoms with E-state index in [0.29, 0.717) is 0 Å². The molecule has 0 radical (unpaired) electrons. The van der Waals surface area contributed by atoms with E-state index in [1.807, 2.05) is 0 Å². The summed E-state index contributed by atoms with van der Waals surface area (Å²) in [5, 5.41) is 9.07. The fourth-order valence-corrected chi connectivity index (χ4v) is 5.37. The number of amides is 2. The summed E-state index contributed by atoms with van der Waals surface area (Å²) in [4.78, 5) is 27.0. The molecule has 0 aliphatic rings. The van der Waals surface area contributed by atoms with E-state index in [0.717, 1.165) is 35.6 Å². The number of rotatable bonds is 9. The molecule has 2 amide bonds. The van der Waals surface area contributed by atoms with Gasteiger partial charge in [0.1, 0.15) is 28.7 Å². The first-order valence-electron chi connectivity index (χ1n) is 11.5. The largest absolute Gasteiger partial charge is 0.448 e. The Morgan fingerprint density at radius 1 is 1.12 bits per heavy atom. The number of nitrogens with zero attached hydrogens (tertiary/aromatic N) is 2. The maximum atomic E-state index is 15.3. The van der Waals surface area contributed by atoms with E-state index in [1.165, 1.54) is 24.0 Å². The number of hydrogen-bond donors (Lipinski definition) is 3. The summed E-state index contributed by atoms with van der Waals surface area (Å²) >= 11 is 7.36. The number of thiazole rings is 1. The molecule has 0 saturated heterocycles. The predicted octanol–water partition coefficient (Wildman–Crippen LogP) is 5.72. The number of carbonyl (C=O) groups is 2. The maximum absolute atomic E-state index is 15.3. The van der Waals surface area contributed by atoms with Gasteiger partial charge in [-0.25, -0.2) is 31.8 Å². The van der Waals surface area contributed by atoms with Crippen LogP contribution in [0.15, 0.2) is 46.1 Å². The van der Waals surface area contributed by atoms with Crippen LogP contribution in [0.2, 0.25) is 5.02 Å². The molecule has 11 nitrogen and oxygen atoms in total. The van der Waals surface area contributed by atoms with E-state index >= 15 is 4.39 Å². The molecule has 3 rings (SSSR count). The van der Waals surface area contributed by atoms with Crippen molar-refractivity contribution in [3.8, 4) is 0 Å². The van der Waals surface area contributed by atoms with E-state index in [9.17, 15) is 22.4 Å². The number of ether oxygens (including phenoxy) is 2. The lowest BCUT2D eigenvalue weighted by Crippen LogP contribution is -2.41. The van der Waals surface area contributed by atoms with Crippen molar-refractivity contribution in [2.45, 2.75) is 31.3 Å². The number of anilines is 4. The summed E-state index contributed by atoms with van der Waals surface area (Å²) < 4.78 is 66.6. The Morgan fingerprint density at radius 2 is 1.85 bits per heavy atom. The first-order valence-corrected chi connectivity index (χ1v) is 14.3. The van der Waals surface area contributed by atoms with Gasteiger partial charge in [-0.15, -0.1) is 15.6 Å². The number of hydrogen-bond acceptors (Lipinski definition) is 10. The van der Waals surface area contributed by atoms with Crippen LogP contribution in [0.1, 0.15) is 20.8 Å². The van der Waals surface area contributed by atoms with Gasteiger partial charge in [-0.2, -0.15) is 0 Å². The van der Waals surface area contributed by atoms with Crippen molar-refractivity contribution in [1.82, 2.24) is 10.3 Å². The topological polar surface area (TPSA) is 139 Å². The summed E-state index contributed by atoms with van der Waals surface area (Å²) in [7, 11) is -3.47. The Hall–Kier alpha value is -3.69. The number of sulfonamides is 1. The summed E-state index contributed by atoms with van der Waals surface area (Å²) in [6.45, 7) is 4.71. The Kier molecular flexibility index (Phi) is 9.76. The lowest BCUT2D eigenvalue weighted by atomic mass is 10.2. The summed E-state index contributed by atoms with van der Waals surface area (Å²) in [6.07, 6.45) is -1.92. The average molecular weight is 618 g/mol. The Labute approximate surface area is 238 Å². The van der Waals surface area contributed by atoms with Gasteiger partial charge in [0.05, 0.1) is 27.6 Å². The Bertz CT molecular complexity index is 1480. The van der Waals surface area contributed by atoms with Crippen molar-refractivity contribution in [2.24, 2.45) is 0 Å². The number of benzene rings is 2. The average Bonchev–Trinajstić information content (AvgIpc) is 3.37. The van der Waals surface area contributed by atoms with Crippen LogP contribution >= 0.6 is 22.9 Å². The molecule has 1 aromatic heterocycles. The zero-order valence-corrected chi connectivity index (χ0v) is 24.1. The van der Waals surface area contributed by atoms with Gasteiger partial charge >= 0.3 is 12.2 Å². The van der Waals surface area contributed by atoms with Crippen LogP contribution in [0.4, 0.5) is 41.2 Å². The maximum Gasteiger partial charge on any atom is 0.430 e. The lowest BCUT2D eigenvalue weighted by Gasteiger charge is -2.26. The lowest BCUT2D eigenvalue weighted by molar-refractivity contribution is 0.0608. The normalized spacial score (nSPS) is 11.5. The first-order chi connectivity index (χ1) is 18.7. The molecule has 0 aliphatic carbocycles. The number of carbonyl (C=O) groups excluding carboxylic acids is 2. The Morgan fingerprint density at radius 3 is 2.48 bits per heavy atom. The van der Waals surface area contributed by atoms with Crippen LogP contribution in [0, 0.1) is 11.6 Å². The fourth-order valence-electron chi connectivity index (χ4n) is 3.16. The van der Waals surface area contributed by atoms with Crippen molar-refractivity contribution in [3.05, 3.63) is 57.9 Å². The van der Waals surface area contributed by atoms with Gasteiger partial charge in [0, 0.05) is 25.0 Å². The van der Waals surface area contributed by atoms with E-state index in [-0.39, 0.29) is 45.4 Å². The zero-order chi connectivity index (χ0) is 29.7. The van der Waals surface area contributed by atoms with Crippen molar-refractivity contribution >= 4 is 68.0 Å². The third kappa shape index (κ3) is 7.70. The van der Waals surface area contributed by atoms with E-state index in [4.69, 9.17) is 21.1 Å². The summed E-state index contributed by atoms with van der Waals surface area (Å²) in [5.41, 5.74) is 0.689. The highest BCUT2D eigenvalue weighted by molar-refractivity contribution is 7.93. The monoisotopic (exact) mass is 617 g/mol. The minimum absolute atomic E-state index is 0.0370. The first kappa shape index (κ1) is 30.8. The van der Waals surface area contributed by atoms with Crippen LogP contribution in [0.5, 0.6) is 0 Å². The van der Waals surface area contributed by atoms with Gasteiger partial charge in [-0.1, -0.05) is 11.6 Å². The second-order valence-corrected chi connectivity index (χ2v) is 11.9. The predicted molar refractivity (Wildman–Crippen MR) is 148 cm³/mol. The van der Waals surface area contributed by atoms with Gasteiger partial charge < -0.3 is 25.4 Å². The summed E-state index contributed by atoms with van der Waals surface area (Å²) in [5.74, 6) is -2.09. The van der Waals surface area contributed by atoms with Crippen LogP contribution in [-0.2, 0) is 19.5 Å². The number of alkyl carbamates (subject to hydrolysis) is 1. The number of aromatic nitrogens is 1. The highest BCUT2D eigenvalue weighted by Crippen LogP contribution is 2.35. The molecule has 0 unspecified atom stereocenters. The smallest absolute Gasteiger partial charge is 0.430 e. The van der Waals surface area contributed by atoms with Crippen LogP contribution in [0.3, 0.4) is 0 Å². The second-order valence-electron chi connectivity index (χ2n) is 8.99. The minimum Gasteiger partial charge on any atom is -0.448 e. The third-order valence-corrected chi connectivity index (χ3v) is 7.40. The van der Waals surface area contributed by atoms with Crippen LogP contribution in [0.25, 0.3) is 0 Å². The van der Waals surface area contributed by atoms with Gasteiger partial charge in [0.25, 0.3) is 10.0 Å². The van der Waals surface area contributed by atoms with Gasteiger partial charge in [-0.3, -0.25) is 0 Å². The zero-order valence-electron chi connectivity index (χ0n) is 21.7. The molecule has 3 N–H and O–H groups in total. The van der Waals surface area contributed by atoms with Gasteiger partial charge in [-0.05, 0) is 45.0 Å². The molecule has 0 saturated carbocycles. The molecule has 0 atom stereocenters. The molecule has 1 heterocycles. The van der Waals surface area contributed by atoms with Crippen molar-refractivity contribution < 1.29 is 36.3 Å². The molecule has 2 aromatic carbocycles. The summed E-state index contributed by atoms with van der Waals surface area (Å²) in [6, 6.07) is 5.31. The standard InChI is InChI=1S/C24H26ClF2N5O6S2/c1-24(2,3)38-23(34)32(21-12-39-13-30-21)40(35,36)20-10-15(25)18(11-16(20)27)31-17-6-5-14(26)9-19(17)29-7-8-37-22(33)28-4/h5-6,9-13,29,31H,7-8H2,1-4H3,(H,28,33). The molecule has 0 fully saturated rings. The van der Waals surface area contributed by atoms with E-state index in [2.05, 4.69) is 20.9 Å². The van der Waals surface area contributed by atoms with E-state index in [1.54, 1.807) is 20.8 Å². The highest BCUT2D eigenvalue weighted by atomic mass is 35.5. The molecule has 0 spiro atoms. The fraction of sp³-hybridized carbons (Fsp3) is 0.292. The van der Waals surface area contributed by atoms with Gasteiger partial charge in [0.15, 0.2) is 5.82 Å². The van der Waals surface area contributed by atoms with Crippen LogP contribution < -0.4 is 20.3 Å². The molecular weight excluding hydrogens is 592 g/mol. The highest BCUT2D eigenvalue weighted by Gasteiger charge is 2.38. The van der Waals surface area contributed by atoms with Crippen molar-refractivity contribution in [1.29, 1.82) is 0 Å². The quantitative estimate of drug-likeness (QED) is 0.257. The molecule has 16 heteroatoms. The molecule has 3 aromatic rings. The molecule has 216 valence electrons. The Balaban J connectivity index is 1.92. The molecule has 0 bridgehead atoms. The minimum atomic E-state index is -4.87. The number of halogens is 3. The number of nitrogens with one attached hydrogen (secondary N) is 3. The van der Waals surface area contributed by atoms with Crippen LogP contribution in [-0.4, -0.2) is 51.4 Å². The molecular formula is C24H26ClF2N5O6S2. The second kappa shape index (κ2) is 12.7. The van der Waals surface area contributed by atoms with Crippen molar-refractivity contribution in [2.75, 3.05) is 35.1 Å².